The summed E-state index contributed by atoms with van der Waals surface area (Å²) in [7, 11) is 0. The van der Waals surface area contributed by atoms with Crippen LogP contribution < -0.4 is 11.1 Å². The van der Waals surface area contributed by atoms with Crippen molar-refractivity contribution in [2.75, 3.05) is 6.54 Å². The van der Waals surface area contributed by atoms with Gasteiger partial charge < -0.3 is 11.1 Å². The van der Waals surface area contributed by atoms with Gasteiger partial charge >= 0.3 is 0 Å². The molecule has 9 heavy (non-hydrogen) atoms. The zero-order chi connectivity index (χ0) is 5.54. The summed E-state index contributed by atoms with van der Waals surface area (Å²) in [5.74, 6) is 2.38. The minimum Gasteiger partial charge on any atom is -0.403 e. The van der Waals surface area contributed by atoms with Gasteiger partial charge in [-0.05, 0) is 0 Å². The van der Waals surface area contributed by atoms with Gasteiger partial charge in [-0.1, -0.05) is 5.92 Å². The van der Waals surface area contributed by atoms with Crippen molar-refractivity contribution in [1.82, 2.24) is 5.32 Å². The quantitative estimate of drug-likeness (QED) is 0.466. The number of hydrogen-bond donors (Lipinski definition) is 2. The smallest absolute Gasteiger partial charge is 0.0758 e. The summed E-state index contributed by atoms with van der Waals surface area (Å²) in [6.45, 7) is 0.535. The van der Waals surface area contributed by atoms with Gasteiger partial charge in [-0.25, -0.2) is 0 Å². The Kier molecular flexibility index (Phi) is 27.5. The monoisotopic (exact) mass is 168 g/mol. The van der Waals surface area contributed by atoms with Gasteiger partial charge in [0.25, 0.3) is 0 Å². The van der Waals surface area contributed by atoms with Crippen molar-refractivity contribution in [3.8, 4) is 12.3 Å². The maximum absolute atomic E-state index is 4.96. The summed E-state index contributed by atoms with van der Waals surface area (Å²) in [4.78, 5) is 0. The van der Waals surface area contributed by atoms with Crippen LogP contribution in [0.4, 0.5) is 0 Å². The van der Waals surface area contributed by atoms with Gasteiger partial charge in [-0.2, -0.15) is 0 Å². The molecule has 0 heterocycles. The zero-order valence-electron chi connectivity index (χ0n) is 4.83. The van der Waals surface area contributed by atoms with E-state index < -0.39 is 0 Å². The Hall–Kier alpha value is -0.520. The van der Waals surface area contributed by atoms with Crippen LogP contribution in [-0.2, 0) is 0 Å². The van der Waals surface area contributed by atoms with E-state index in [4.69, 9.17) is 12.2 Å². The molecule has 0 aromatic heterocycles. The molecule has 2 nitrogen and oxygen atoms in total. The van der Waals surface area contributed by atoms with Crippen LogP contribution in [0.5, 0.6) is 0 Å². The first-order valence-electron chi connectivity index (χ1n) is 1.95. The first kappa shape index (κ1) is 15.8. The van der Waals surface area contributed by atoms with Gasteiger partial charge in [-0.15, -0.1) is 31.2 Å². The minimum atomic E-state index is 0. The van der Waals surface area contributed by atoms with Gasteiger partial charge in [0.15, 0.2) is 0 Å². The molecule has 0 radical (unpaired) electrons. The van der Waals surface area contributed by atoms with Crippen molar-refractivity contribution in [1.29, 1.82) is 0 Å². The molecule has 0 bridgehead atoms. The standard InChI is InChI=1S/C5H8N2.2ClH/c1-2-4-7-5-3-6;;/h1,3,5,7H,4,6H2;2*1H/b5-3+;;. The summed E-state index contributed by atoms with van der Waals surface area (Å²) < 4.78 is 0. The van der Waals surface area contributed by atoms with E-state index in [1.165, 1.54) is 6.20 Å². The van der Waals surface area contributed by atoms with E-state index in [2.05, 4.69) is 11.2 Å². The van der Waals surface area contributed by atoms with Crippen molar-refractivity contribution in [3.63, 3.8) is 0 Å². The summed E-state index contributed by atoms with van der Waals surface area (Å²) in [5.41, 5.74) is 4.96. The van der Waals surface area contributed by atoms with E-state index in [1.54, 1.807) is 6.20 Å². The Bertz CT molecular complexity index is 95.6. The third-order valence-electron chi connectivity index (χ3n) is 0.418. The molecule has 0 aliphatic carbocycles. The Morgan fingerprint density at radius 2 is 2.11 bits per heavy atom. The van der Waals surface area contributed by atoms with E-state index in [0.29, 0.717) is 6.54 Å². The number of nitrogens with one attached hydrogen (secondary N) is 1. The van der Waals surface area contributed by atoms with Crippen molar-refractivity contribution in [2.45, 2.75) is 0 Å². The van der Waals surface area contributed by atoms with Crippen LogP contribution >= 0.6 is 24.8 Å². The molecule has 0 unspecified atom stereocenters. The zero-order valence-corrected chi connectivity index (χ0v) is 6.47. The molecule has 0 aliphatic heterocycles. The van der Waals surface area contributed by atoms with Crippen LogP contribution in [0.25, 0.3) is 0 Å². The molecule has 0 aliphatic rings. The second-order valence-corrected chi connectivity index (χ2v) is 0.944. The summed E-state index contributed by atoms with van der Waals surface area (Å²) in [6, 6.07) is 0. The van der Waals surface area contributed by atoms with Gasteiger partial charge in [0.2, 0.25) is 0 Å². The van der Waals surface area contributed by atoms with E-state index >= 15 is 0 Å². The number of terminal acetylenes is 1. The number of halogens is 2. The Morgan fingerprint density at radius 3 is 2.44 bits per heavy atom. The number of rotatable bonds is 2. The maximum Gasteiger partial charge on any atom is 0.0758 e. The molecule has 0 amide bonds. The van der Waals surface area contributed by atoms with Crippen molar-refractivity contribution in [3.05, 3.63) is 12.4 Å². The number of nitrogens with two attached hydrogens (primary N) is 1. The molecule has 0 aromatic carbocycles. The highest BCUT2D eigenvalue weighted by Crippen LogP contribution is 1.52. The molecule has 4 heteroatoms. The lowest BCUT2D eigenvalue weighted by molar-refractivity contribution is 1.00. The number of hydrogen-bond acceptors (Lipinski definition) is 2. The highest BCUT2D eigenvalue weighted by Gasteiger charge is 1.62. The van der Waals surface area contributed by atoms with Crippen molar-refractivity contribution >= 4 is 24.8 Å². The third kappa shape index (κ3) is 18.5. The lowest BCUT2D eigenvalue weighted by atomic mass is 10.7. The molecule has 0 spiro atoms. The maximum atomic E-state index is 4.96. The molecule has 54 valence electrons. The molecule has 0 aromatic rings. The predicted molar refractivity (Wildman–Crippen MR) is 44.7 cm³/mol. The summed E-state index contributed by atoms with van der Waals surface area (Å²) in [6.07, 6.45) is 7.88. The average Bonchev–Trinajstić information content (AvgIpc) is 1.69. The minimum absolute atomic E-state index is 0. The lowest BCUT2D eigenvalue weighted by Gasteiger charge is -1.85. The molecular weight excluding hydrogens is 159 g/mol. The summed E-state index contributed by atoms with van der Waals surface area (Å²) >= 11 is 0. The van der Waals surface area contributed by atoms with E-state index in [9.17, 15) is 0 Å². The topological polar surface area (TPSA) is 38.0 Å². The Labute approximate surface area is 67.7 Å². The lowest BCUT2D eigenvalue weighted by Crippen LogP contribution is -2.04. The van der Waals surface area contributed by atoms with Gasteiger partial charge in [0, 0.05) is 12.4 Å². The molecule has 3 N–H and O–H groups in total. The van der Waals surface area contributed by atoms with Gasteiger partial charge in [0.1, 0.15) is 0 Å². The van der Waals surface area contributed by atoms with Crippen LogP contribution in [0.2, 0.25) is 0 Å². The fourth-order valence-electron chi connectivity index (χ4n) is 0.186. The second kappa shape index (κ2) is 15.6. The molecule has 0 rings (SSSR count). The van der Waals surface area contributed by atoms with E-state index in [1.807, 2.05) is 0 Å². The fourth-order valence-corrected chi connectivity index (χ4v) is 0.186. The van der Waals surface area contributed by atoms with Crippen LogP contribution in [0.3, 0.4) is 0 Å². The highest BCUT2D eigenvalue weighted by atomic mass is 35.5. The van der Waals surface area contributed by atoms with Gasteiger partial charge in [0.05, 0.1) is 6.54 Å². The van der Waals surface area contributed by atoms with E-state index in [0.717, 1.165) is 0 Å². The van der Waals surface area contributed by atoms with Crippen LogP contribution in [-0.4, -0.2) is 6.54 Å². The van der Waals surface area contributed by atoms with Gasteiger partial charge in [-0.3, -0.25) is 0 Å². The van der Waals surface area contributed by atoms with Crippen molar-refractivity contribution < 1.29 is 0 Å². The molecule has 0 saturated heterocycles. The molecule has 0 saturated carbocycles. The van der Waals surface area contributed by atoms with Crippen LogP contribution in [0.1, 0.15) is 0 Å². The SMILES string of the molecule is C#CCN/C=C/N.Cl.Cl. The first-order chi connectivity index (χ1) is 3.41. The second-order valence-electron chi connectivity index (χ2n) is 0.944. The molecule has 0 atom stereocenters. The van der Waals surface area contributed by atoms with Crippen LogP contribution in [0.15, 0.2) is 12.4 Å². The molecule has 0 fully saturated rings. The first-order valence-corrected chi connectivity index (χ1v) is 1.95. The van der Waals surface area contributed by atoms with Crippen LogP contribution in [0, 0.1) is 12.3 Å². The summed E-state index contributed by atoms with van der Waals surface area (Å²) in [5, 5.41) is 2.74. The predicted octanol–water partition coefficient (Wildman–Crippen LogP) is 0.483. The van der Waals surface area contributed by atoms with E-state index in [-0.39, 0.29) is 24.8 Å². The molecular formula is C5H10Cl2N2. The largest absolute Gasteiger partial charge is 0.403 e. The highest BCUT2D eigenvalue weighted by molar-refractivity contribution is 5.85. The Balaban J connectivity index is -0.000000180. The Morgan fingerprint density at radius 1 is 1.56 bits per heavy atom. The van der Waals surface area contributed by atoms with Crippen molar-refractivity contribution in [2.24, 2.45) is 5.73 Å². The third-order valence-corrected chi connectivity index (χ3v) is 0.418. The average molecular weight is 169 g/mol. The normalized spacial score (nSPS) is 6.56. The fraction of sp³-hybridized carbons (Fsp3) is 0.200.